The monoisotopic (exact) mass is 339 g/mol. The lowest BCUT2D eigenvalue weighted by atomic mass is 10.1. The van der Waals surface area contributed by atoms with Crippen molar-refractivity contribution in [2.24, 2.45) is 5.92 Å². The summed E-state index contributed by atoms with van der Waals surface area (Å²) in [5.41, 5.74) is 1.98. The largest absolute Gasteiger partial charge is 0.491 e. The van der Waals surface area contributed by atoms with Gasteiger partial charge >= 0.3 is 0 Å². The molecular weight excluding hydrogens is 314 g/mol. The zero-order valence-corrected chi connectivity index (χ0v) is 14.7. The second-order valence-electron chi connectivity index (χ2n) is 6.86. The van der Waals surface area contributed by atoms with E-state index >= 15 is 0 Å². The van der Waals surface area contributed by atoms with Crippen LogP contribution in [0.5, 0.6) is 5.75 Å². The molecule has 25 heavy (non-hydrogen) atoms. The second kappa shape index (κ2) is 7.70. The van der Waals surface area contributed by atoms with E-state index in [0.29, 0.717) is 5.92 Å². The fraction of sp³-hybridized carbons (Fsp3) is 0.381. The van der Waals surface area contributed by atoms with Gasteiger partial charge in [-0.1, -0.05) is 42.5 Å². The van der Waals surface area contributed by atoms with Gasteiger partial charge in [-0.2, -0.15) is 0 Å². The van der Waals surface area contributed by atoms with E-state index in [1.165, 1.54) is 5.56 Å². The Hall–Kier alpha value is -2.33. The molecule has 0 radical (unpaired) electrons. The first-order chi connectivity index (χ1) is 12.0. The van der Waals surface area contributed by atoms with Crippen LogP contribution in [0.15, 0.2) is 54.6 Å². The van der Waals surface area contributed by atoms with Crippen molar-refractivity contribution in [1.82, 2.24) is 5.32 Å². The first-order valence-electron chi connectivity index (χ1n) is 8.82. The minimum absolute atomic E-state index is 0.0210. The van der Waals surface area contributed by atoms with Crippen LogP contribution < -0.4 is 10.1 Å². The Bertz CT molecular complexity index is 697. The number of ether oxygens (including phenoxy) is 1. The molecule has 3 unspecified atom stereocenters. The lowest BCUT2D eigenvalue weighted by Gasteiger charge is -2.14. The van der Waals surface area contributed by atoms with Crippen molar-refractivity contribution in [2.75, 3.05) is 6.54 Å². The number of hydrogen-bond acceptors (Lipinski definition) is 3. The molecule has 132 valence electrons. The minimum Gasteiger partial charge on any atom is -0.491 e. The summed E-state index contributed by atoms with van der Waals surface area (Å²) in [5.74, 6) is 1.13. The summed E-state index contributed by atoms with van der Waals surface area (Å²) < 4.78 is 5.59. The maximum absolute atomic E-state index is 12.3. The maximum atomic E-state index is 12.3. The number of benzene rings is 2. The molecule has 1 aliphatic rings. The molecule has 1 fully saturated rings. The van der Waals surface area contributed by atoms with Gasteiger partial charge in [0.2, 0.25) is 5.91 Å². The smallest absolute Gasteiger partial charge is 0.223 e. The van der Waals surface area contributed by atoms with Crippen LogP contribution >= 0.6 is 0 Å². The van der Waals surface area contributed by atoms with Crippen LogP contribution in [-0.2, 0) is 4.79 Å². The quantitative estimate of drug-likeness (QED) is 0.812. The molecule has 0 bridgehead atoms. The summed E-state index contributed by atoms with van der Waals surface area (Å²) >= 11 is 0. The molecule has 2 aromatic rings. The zero-order chi connectivity index (χ0) is 17.8. The van der Waals surface area contributed by atoms with E-state index in [4.69, 9.17) is 4.74 Å². The van der Waals surface area contributed by atoms with Gasteiger partial charge in [-0.05, 0) is 49.4 Å². The van der Waals surface area contributed by atoms with Gasteiger partial charge in [0.15, 0.2) is 0 Å². The Balaban J connectivity index is 1.47. The van der Waals surface area contributed by atoms with Crippen LogP contribution in [0.3, 0.4) is 0 Å². The molecule has 0 heterocycles. The number of carbonyl (C=O) groups excluding carboxylic acids is 1. The first-order valence-corrected chi connectivity index (χ1v) is 8.82. The van der Waals surface area contributed by atoms with Crippen molar-refractivity contribution in [2.45, 2.75) is 38.4 Å². The third-order valence-electron chi connectivity index (χ3n) is 4.46. The van der Waals surface area contributed by atoms with Crippen LogP contribution in [0.1, 0.15) is 43.4 Å². The molecule has 0 aromatic heterocycles. The fourth-order valence-electron chi connectivity index (χ4n) is 3.04. The molecule has 1 aliphatic carbocycles. The molecule has 2 N–H and O–H groups in total. The molecule has 1 amide bonds. The fourth-order valence-corrected chi connectivity index (χ4v) is 3.04. The minimum atomic E-state index is -0.717. The zero-order valence-electron chi connectivity index (χ0n) is 14.7. The van der Waals surface area contributed by atoms with E-state index in [0.717, 1.165) is 17.7 Å². The van der Waals surface area contributed by atoms with Gasteiger partial charge in [-0.3, -0.25) is 4.79 Å². The predicted molar refractivity (Wildman–Crippen MR) is 97.5 cm³/mol. The summed E-state index contributed by atoms with van der Waals surface area (Å²) in [4.78, 5) is 12.3. The van der Waals surface area contributed by atoms with Crippen molar-refractivity contribution in [3.8, 4) is 5.75 Å². The van der Waals surface area contributed by atoms with E-state index in [1.807, 2.05) is 56.3 Å². The predicted octanol–water partition coefficient (Wildman–Crippen LogP) is 3.43. The number of rotatable bonds is 7. The lowest BCUT2D eigenvalue weighted by molar-refractivity contribution is -0.122. The highest BCUT2D eigenvalue weighted by molar-refractivity contribution is 5.82. The average Bonchev–Trinajstić information content (AvgIpc) is 3.41. The van der Waals surface area contributed by atoms with Crippen LogP contribution in [-0.4, -0.2) is 23.7 Å². The summed E-state index contributed by atoms with van der Waals surface area (Å²) in [6.07, 6.45) is 0.282. The van der Waals surface area contributed by atoms with Gasteiger partial charge < -0.3 is 15.2 Å². The molecule has 2 aromatic carbocycles. The van der Waals surface area contributed by atoms with E-state index in [9.17, 15) is 9.90 Å². The molecule has 0 saturated heterocycles. The maximum Gasteiger partial charge on any atom is 0.223 e. The summed E-state index contributed by atoms with van der Waals surface area (Å²) in [7, 11) is 0. The molecule has 4 heteroatoms. The number of amides is 1. The number of carbonyl (C=O) groups is 1. The summed E-state index contributed by atoms with van der Waals surface area (Å²) in [6.45, 7) is 4.17. The average molecular weight is 339 g/mol. The van der Waals surface area contributed by atoms with Gasteiger partial charge in [0, 0.05) is 12.5 Å². The number of aliphatic hydroxyl groups is 1. The van der Waals surface area contributed by atoms with Crippen molar-refractivity contribution in [3.05, 3.63) is 65.7 Å². The molecule has 4 nitrogen and oxygen atoms in total. The van der Waals surface area contributed by atoms with Gasteiger partial charge in [-0.15, -0.1) is 0 Å². The van der Waals surface area contributed by atoms with E-state index in [-0.39, 0.29) is 24.5 Å². The van der Waals surface area contributed by atoms with E-state index in [2.05, 4.69) is 17.4 Å². The third kappa shape index (κ3) is 4.60. The van der Waals surface area contributed by atoms with Crippen LogP contribution in [0, 0.1) is 5.92 Å². The number of aliphatic hydroxyl groups excluding tert-OH is 1. The Labute approximate surface area is 148 Å². The number of hydrogen-bond donors (Lipinski definition) is 2. The van der Waals surface area contributed by atoms with Crippen LogP contribution in [0.4, 0.5) is 0 Å². The Kier molecular flexibility index (Phi) is 5.39. The standard InChI is InChI=1S/C21H25NO3/c1-14(2)25-17-10-8-16(9-11-17)20(23)13-22-21(24)19-12-18(19)15-6-4-3-5-7-15/h3-11,14,18-20,23H,12-13H2,1-2H3,(H,22,24). The Morgan fingerprint density at radius 3 is 2.48 bits per heavy atom. The highest BCUT2D eigenvalue weighted by Gasteiger charge is 2.43. The summed E-state index contributed by atoms with van der Waals surface area (Å²) in [5, 5.41) is 13.1. The van der Waals surface area contributed by atoms with E-state index in [1.54, 1.807) is 0 Å². The van der Waals surface area contributed by atoms with Crippen molar-refractivity contribution in [3.63, 3.8) is 0 Å². The highest BCUT2D eigenvalue weighted by atomic mass is 16.5. The number of nitrogens with one attached hydrogen (secondary N) is 1. The molecule has 3 atom stereocenters. The second-order valence-corrected chi connectivity index (χ2v) is 6.86. The van der Waals surface area contributed by atoms with Gasteiger partial charge in [0.25, 0.3) is 0 Å². The Morgan fingerprint density at radius 1 is 1.16 bits per heavy atom. The van der Waals surface area contributed by atoms with Gasteiger partial charge in [-0.25, -0.2) is 0 Å². The third-order valence-corrected chi connectivity index (χ3v) is 4.46. The van der Waals surface area contributed by atoms with Crippen LogP contribution in [0.2, 0.25) is 0 Å². The normalized spacial score (nSPS) is 20.2. The van der Waals surface area contributed by atoms with Crippen molar-refractivity contribution < 1.29 is 14.6 Å². The van der Waals surface area contributed by atoms with Gasteiger partial charge in [0.05, 0.1) is 12.2 Å². The molecular formula is C21H25NO3. The SMILES string of the molecule is CC(C)Oc1ccc(C(O)CNC(=O)C2CC2c2ccccc2)cc1. The van der Waals surface area contributed by atoms with Gasteiger partial charge in [0.1, 0.15) is 5.75 Å². The lowest BCUT2D eigenvalue weighted by Crippen LogP contribution is -2.30. The molecule has 3 rings (SSSR count). The topological polar surface area (TPSA) is 58.6 Å². The van der Waals surface area contributed by atoms with Crippen LogP contribution in [0.25, 0.3) is 0 Å². The summed E-state index contributed by atoms with van der Waals surface area (Å²) in [6, 6.07) is 17.4. The first kappa shape index (κ1) is 17.5. The molecule has 1 saturated carbocycles. The van der Waals surface area contributed by atoms with Crippen molar-refractivity contribution >= 4 is 5.91 Å². The highest BCUT2D eigenvalue weighted by Crippen LogP contribution is 2.47. The van der Waals surface area contributed by atoms with E-state index < -0.39 is 6.10 Å². The van der Waals surface area contributed by atoms with Crippen molar-refractivity contribution in [1.29, 1.82) is 0 Å². The molecule has 0 spiro atoms. The Morgan fingerprint density at radius 2 is 1.84 bits per heavy atom. The molecule has 0 aliphatic heterocycles.